The first kappa shape index (κ1) is 32.1. The van der Waals surface area contributed by atoms with Gasteiger partial charge in [0.25, 0.3) is 11.8 Å². The molecule has 0 aliphatic rings. The van der Waals surface area contributed by atoms with Crippen LogP contribution in [0, 0.1) is 6.92 Å². The molecule has 0 spiro atoms. The molecular formula is C35H31N5O4S2. The summed E-state index contributed by atoms with van der Waals surface area (Å²) in [6.07, 6.45) is 1.59. The van der Waals surface area contributed by atoms with Gasteiger partial charge in [-0.25, -0.2) is 0 Å². The number of anilines is 2. The number of ether oxygens (including phenoxy) is 1. The Morgan fingerprint density at radius 1 is 0.848 bits per heavy atom. The van der Waals surface area contributed by atoms with E-state index in [9.17, 15) is 14.4 Å². The van der Waals surface area contributed by atoms with Crippen LogP contribution in [0.25, 0.3) is 6.08 Å². The van der Waals surface area contributed by atoms with Crippen molar-refractivity contribution < 1.29 is 19.1 Å². The lowest BCUT2D eigenvalue weighted by Crippen LogP contribution is -2.30. The van der Waals surface area contributed by atoms with Gasteiger partial charge in [0.15, 0.2) is 0 Å². The van der Waals surface area contributed by atoms with E-state index in [1.165, 1.54) is 23.1 Å². The number of benzene rings is 4. The van der Waals surface area contributed by atoms with Crippen molar-refractivity contribution >= 4 is 57.7 Å². The van der Waals surface area contributed by atoms with Gasteiger partial charge >= 0.3 is 0 Å². The quantitative estimate of drug-likeness (QED) is 0.0971. The lowest BCUT2D eigenvalue weighted by atomic mass is 10.1. The number of carbonyl (C=O) groups is 3. The molecule has 232 valence electrons. The van der Waals surface area contributed by atoms with Gasteiger partial charge < -0.3 is 15.4 Å². The molecule has 0 radical (unpaired) electrons. The maximum absolute atomic E-state index is 13.6. The van der Waals surface area contributed by atoms with E-state index in [-0.39, 0.29) is 11.6 Å². The van der Waals surface area contributed by atoms with Crippen LogP contribution in [0.4, 0.5) is 10.8 Å². The van der Waals surface area contributed by atoms with Crippen molar-refractivity contribution in [2.75, 3.05) is 17.2 Å². The van der Waals surface area contributed by atoms with Gasteiger partial charge in [-0.1, -0.05) is 78.1 Å². The van der Waals surface area contributed by atoms with Gasteiger partial charge in [0.05, 0.1) is 6.61 Å². The van der Waals surface area contributed by atoms with E-state index in [4.69, 9.17) is 4.74 Å². The third kappa shape index (κ3) is 8.68. The van der Waals surface area contributed by atoms with E-state index in [1.807, 2.05) is 80.6 Å². The lowest BCUT2D eigenvalue weighted by Gasteiger charge is -2.16. The molecule has 1 heterocycles. The zero-order valence-electron chi connectivity index (χ0n) is 25.1. The third-order valence-corrected chi connectivity index (χ3v) is 8.53. The minimum atomic E-state index is -0.556. The van der Waals surface area contributed by atoms with Crippen molar-refractivity contribution in [2.45, 2.75) is 24.0 Å². The highest BCUT2D eigenvalue weighted by Gasteiger charge is 2.23. The first-order chi connectivity index (χ1) is 22.4. The van der Waals surface area contributed by atoms with E-state index in [0.717, 1.165) is 15.5 Å². The standard InChI is InChI=1S/C35H31N5O4S2/c1-3-44-30-17-11-10-16-26(30)22-29(37-32(41)25-14-8-5-9-15-25)33(42)36-27-18-20-28(21-19-27)46-31(24-12-6-4-7-13-24)34(43)38-35-40-39-23(2)45-35/h4-22,31H,3H2,1-2H3,(H,36,42)(H,37,41)(H,38,40,43)/b29-22-. The number of thioether (sulfide) groups is 1. The van der Waals surface area contributed by atoms with Crippen LogP contribution in [0.15, 0.2) is 120 Å². The minimum absolute atomic E-state index is 0.0483. The van der Waals surface area contributed by atoms with E-state index < -0.39 is 17.1 Å². The van der Waals surface area contributed by atoms with Crippen molar-refractivity contribution in [3.8, 4) is 5.75 Å². The fourth-order valence-electron chi connectivity index (χ4n) is 4.35. The molecule has 3 N–H and O–H groups in total. The fourth-order valence-corrected chi connectivity index (χ4v) is 5.97. The lowest BCUT2D eigenvalue weighted by molar-refractivity contribution is -0.116. The van der Waals surface area contributed by atoms with Crippen LogP contribution in [0.5, 0.6) is 5.75 Å². The number of nitrogens with zero attached hydrogens (tertiary/aromatic N) is 2. The van der Waals surface area contributed by atoms with Crippen LogP contribution in [0.1, 0.15) is 38.7 Å². The summed E-state index contributed by atoms with van der Waals surface area (Å²) in [5.41, 5.74) is 2.45. The maximum Gasteiger partial charge on any atom is 0.272 e. The Kier molecular flexibility index (Phi) is 10.9. The maximum atomic E-state index is 13.6. The van der Waals surface area contributed by atoms with E-state index >= 15 is 0 Å². The summed E-state index contributed by atoms with van der Waals surface area (Å²) in [5.74, 6) is -0.564. The zero-order chi connectivity index (χ0) is 32.3. The van der Waals surface area contributed by atoms with Crippen LogP contribution in [-0.2, 0) is 9.59 Å². The predicted molar refractivity (Wildman–Crippen MR) is 183 cm³/mol. The number of amides is 3. The number of aryl methyl sites for hydroxylation is 1. The van der Waals surface area contributed by atoms with Gasteiger partial charge in [-0.15, -0.1) is 22.0 Å². The average molecular weight is 650 g/mol. The molecule has 1 atom stereocenters. The predicted octanol–water partition coefficient (Wildman–Crippen LogP) is 7.13. The summed E-state index contributed by atoms with van der Waals surface area (Å²) >= 11 is 2.68. The first-order valence-electron chi connectivity index (χ1n) is 14.4. The largest absolute Gasteiger partial charge is 0.493 e. The molecule has 5 aromatic rings. The van der Waals surface area contributed by atoms with Gasteiger partial charge in [0, 0.05) is 21.7 Å². The molecule has 46 heavy (non-hydrogen) atoms. The second kappa shape index (κ2) is 15.6. The Morgan fingerprint density at radius 3 is 2.20 bits per heavy atom. The Morgan fingerprint density at radius 2 is 1.52 bits per heavy atom. The molecule has 0 saturated carbocycles. The average Bonchev–Trinajstić information content (AvgIpc) is 3.49. The number of hydrogen-bond donors (Lipinski definition) is 3. The topological polar surface area (TPSA) is 122 Å². The van der Waals surface area contributed by atoms with Gasteiger partial charge in [0.2, 0.25) is 11.0 Å². The molecule has 11 heteroatoms. The first-order valence-corrected chi connectivity index (χ1v) is 16.1. The Bertz CT molecular complexity index is 1830. The van der Waals surface area contributed by atoms with Gasteiger partial charge in [-0.3, -0.25) is 19.7 Å². The summed E-state index contributed by atoms with van der Waals surface area (Å²) in [4.78, 5) is 40.7. The summed E-state index contributed by atoms with van der Waals surface area (Å²) in [6.45, 7) is 4.15. The van der Waals surface area contributed by atoms with Crippen LogP contribution in [-0.4, -0.2) is 34.5 Å². The Balaban J connectivity index is 1.34. The molecule has 1 aromatic heterocycles. The number of aromatic nitrogens is 2. The van der Waals surface area contributed by atoms with E-state index in [0.29, 0.717) is 34.3 Å². The Hall–Kier alpha value is -5.26. The van der Waals surface area contributed by atoms with Gasteiger partial charge in [-0.05, 0) is 68.0 Å². The molecule has 0 bridgehead atoms. The highest BCUT2D eigenvalue weighted by molar-refractivity contribution is 8.00. The smallest absolute Gasteiger partial charge is 0.272 e. The fraction of sp³-hybridized carbons (Fsp3) is 0.114. The minimum Gasteiger partial charge on any atom is -0.493 e. The van der Waals surface area contributed by atoms with E-state index in [1.54, 1.807) is 48.5 Å². The number of carbonyl (C=O) groups excluding carboxylic acids is 3. The molecule has 0 saturated heterocycles. The highest BCUT2D eigenvalue weighted by Crippen LogP contribution is 2.37. The van der Waals surface area contributed by atoms with Crippen molar-refractivity contribution in [3.63, 3.8) is 0 Å². The van der Waals surface area contributed by atoms with Crippen LogP contribution < -0.4 is 20.7 Å². The molecule has 4 aromatic carbocycles. The van der Waals surface area contributed by atoms with Crippen molar-refractivity contribution in [3.05, 3.63) is 137 Å². The Labute approximate surface area is 275 Å². The highest BCUT2D eigenvalue weighted by atomic mass is 32.2. The second-order valence-corrected chi connectivity index (χ2v) is 12.2. The molecule has 0 fully saturated rings. The third-order valence-electron chi connectivity index (χ3n) is 6.51. The van der Waals surface area contributed by atoms with Gasteiger partial charge in [0.1, 0.15) is 21.7 Å². The molecule has 9 nitrogen and oxygen atoms in total. The van der Waals surface area contributed by atoms with Gasteiger partial charge in [-0.2, -0.15) is 0 Å². The van der Waals surface area contributed by atoms with Crippen LogP contribution in [0.2, 0.25) is 0 Å². The monoisotopic (exact) mass is 649 g/mol. The summed E-state index contributed by atoms with van der Waals surface area (Å²) in [6, 6.07) is 32.6. The van der Waals surface area contributed by atoms with Crippen molar-refractivity contribution in [1.29, 1.82) is 0 Å². The normalized spacial score (nSPS) is 11.7. The van der Waals surface area contributed by atoms with E-state index in [2.05, 4.69) is 26.1 Å². The van der Waals surface area contributed by atoms with Crippen molar-refractivity contribution in [2.24, 2.45) is 0 Å². The zero-order valence-corrected chi connectivity index (χ0v) is 26.7. The molecular weight excluding hydrogens is 619 g/mol. The molecule has 3 amide bonds. The van der Waals surface area contributed by atoms with Crippen LogP contribution >= 0.6 is 23.1 Å². The number of hydrogen-bond acceptors (Lipinski definition) is 8. The summed E-state index contributed by atoms with van der Waals surface area (Å²) in [5, 5.41) is 17.1. The van der Waals surface area contributed by atoms with Crippen LogP contribution in [0.3, 0.4) is 0 Å². The molecule has 5 rings (SSSR count). The van der Waals surface area contributed by atoms with Crippen molar-refractivity contribution in [1.82, 2.24) is 15.5 Å². The molecule has 0 aliphatic heterocycles. The number of rotatable bonds is 12. The molecule has 1 unspecified atom stereocenters. The second-order valence-electron chi connectivity index (χ2n) is 9.85. The SMILES string of the molecule is CCOc1ccccc1/C=C(\NC(=O)c1ccccc1)C(=O)Nc1ccc(SC(C(=O)Nc2nnc(C)s2)c2ccccc2)cc1. The summed E-state index contributed by atoms with van der Waals surface area (Å²) < 4.78 is 5.73. The molecule has 0 aliphatic carbocycles. The number of para-hydroxylation sites is 1. The number of nitrogens with one attached hydrogen (secondary N) is 3. The summed E-state index contributed by atoms with van der Waals surface area (Å²) in [7, 11) is 0.